The van der Waals surface area contributed by atoms with Gasteiger partial charge in [-0.05, 0) is 36.0 Å². The van der Waals surface area contributed by atoms with Crippen LogP contribution >= 0.6 is 0 Å². The van der Waals surface area contributed by atoms with E-state index in [0.717, 1.165) is 37.6 Å². The number of benzene rings is 2. The van der Waals surface area contributed by atoms with Crippen LogP contribution in [0.25, 0.3) is 0 Å². The molecule has 1 aliphatic rings. The molecule has 1 saturated heterocycles. The van der Waals surface area contributed by atoms with Gasteiger partial charge in [0.25, 0.3) is 0 Å². The molecule has 0 bridgehead atoms. The first-order valence-corrected chi connectivity index (χ1v) is 11.6. The Balaban J connectivity index is 1.49. The summed E-state index contributed by atoms with van der Waals surface area (Å²) in [6.07, 6.45) is 1.63. The maximum absolute atomic E-state index is 12.0. The lowest BCUT2D eigenvalue weighted by atomic mass is 10.1. The number of hydrogen-bond acceptors (Lipinski definition) is 3. The molecule has 1 atom stereocenters. The van der Waals surface area contributed by atoms with Crippen LogP contribution in [0.2, 0.25) is 0 Å². The number of ether oxygens (including phenoxy) is 1. The number of hydrogen-bond donors (Lipinski definition) is 2. The molecule has 2 N–H and O–H groups in total. The van der Waals surface area contributed by atoms with Gasteiger partial charge in [0, 0.05) is 32.6 Å². The van der Waals surface area contributed by atoms with Crippen LogP contribution in [0.4, 0.5) is 0 Å². The molecule has 0 aromatic heterocycles. The van der Waals surface area contributed by atoms with E-state index in [1.165, 1.54) is 11.1 Å². The summed E-state index contributed by atoms with van der Waals surface area (Å²) < 4.78 is 5.86. The van der Waals surface area contributed by atoms with Crippen LogP contribution in [0.1, 0.15) is 43.4 Å². The van der Waals surface area contributed by atoms with E-state index in [0.29, 0.717) is 38.6 Å². The van der Waals surface area contributed by atoms with Crippen molar-refractivity contribution in [2.24, 2.45) is 10.9 Å². The molecule has 172 valence electrons. The lowest BCUT2D eigenvalue weighted by Gasteiger charge is -2.18. The van der Waals surface area contributed by atoms with E-state index in [9.17, 15) is 4.79 Å². The molecule has 1 fully saturated rings. The first-order valence-electron chi connectivity index (χ1n) is 11.6. The number of carbonyl (C=O) groups excluding carboxylic acids is 1. The summed E-state index contributed by atoms with van der Waals surface area (Å²) in [7, 11) is 0. The zero-order chi connectivity index (χ0) is 22.6. The third-order valence-electron chi connectivity index (χ3n) is 5.53. The fraction of sp³-hybridized carbons (Fsp3) is 0.462. The van der Waals surface area contributed by atoms with Crippen molar-refractivity contribution in [2.45, 2.75) is 46.4 Å². The molecule has 6 nitrogen and oxygen atoms in total. The van der Waals surface area contributed by atoms with E-state index in [2.05, 4.69) is 48.7 Å². The number of nitrogens with one attached hydrogen (secondary N) is 2. The molecule has 0 aliphatic carbocycles. The van der Waals surface area contributed by atoms with Gasteiger partial charge in [0.05, 0.1) is 19.8 Å². The van der Waals surface area contributed by atoms with Crippen LogP contribution < -0.4 is 10.6 Å². The van der Waals surface area contributed by atoms with Crippen LogP contribution in [-0.2, 0) is 29.2 Å². The molecule has 1 aliphatic heterocycles. The normalized spacial score (nSPS) is 15.1. The van der Waals surface area contributed by atoms with Crippen molar-refractivity contribution in [3.8, 4) is 0 Å². The summed E-state index contributed by atoms with van der Waals surface area (Å²) in [5.74, 6) is 1.41. The number of guanidine groups is 1. The van der Waals surface area contributed by atoms with Crippen molar-refractivity contribution in [1.29, 1.82) is 0 Å². The van der Waals surface area contributed by atoms with Gasteiger partial charge in [0.1, 0.15) is 0 Å². The fourth-order valence-corrected chi connectivity index (χ4v) is 3.73. The maximum atomic E-state index is 12.0. The Bertz CT molecular complexity index is 869. The van der Waals surface area contributed by atoms with E-state index in [1.807, 2.05) is 35.2 Å². The average Bonchev–Trinajstić information content (AvgIpc) is 3.21. The molecule has 6 heteroatoms. The van der Waals surface area contributed by atoms with E-state index in [4.69, 9.17) is 9.73 Å². The van der Waals surface area contributed by atoms with Gasteiger partial charge in [0.15, 0.2) is 5.96 Å². The number of amides is 1. The number of nitrogens with zero attached hydrogens (tertiary/aromatic N) is 2. The molecule has 2 aromatic rings. The Morgan fingerprint density at radius 3 is 2.56 bits per heavy atom. The Labute approximate surface area is 192 Å². The molecule has 32 heavy (non-hydrogen) atoms. The molecule has 1 heterocycles. The minimum Gasteiger partial charge on any atom is -0.376 e. The van der Waals surface area contributed by atoms with Crippen LogP contribution in [0.15, 0.2) is 59.6 Å². The summed E-state index contributed by atoms with van der Waals surface area (Å²) in [6.45, 7) is 9.24. The zero-order valence-electron chi connectivity index (χ0n) is 19.3. The number of aliphatic imine (C=N–C) groups is 1. The van der Waals surface area contributed by atoms with E-state index < -0.39 is 0 Å². The Morgan fingerprint density at radius 2 is 1.84 bits per heavy atom. The summed E-state index contributed by atoms with van der Waals surface area (Å²) in [4.78, 5) is 18.7. The zero-order valence-corrected chi connectivity index (χ0v) is 19.3. The quantitative estimate of drug-likeness (QED) is 0.416. The van der Waals surface area contributed by atoms with Crippen molar-refractivity contribution in [2.75, 3.05) is 26.2 Å². The Kier molecular flexibility index (Phi) is 9.57. The minimum atomic E-state index is 0.252. The summed E-state index contributed by atoms with van der Waals surface area (Å²) in [5, 5.41) is 6.76. The molecule has 1 unspecified atom stereocenters. The summed E-state index contributed by atoms with van der Waals surface area (Å²) in [5.41, 5.74) is 3.52. The Morgan fingerprint density at radius 1 is 1.09 bits per heavy atom. The smallest absolute Gasteiger partial charge is 0.222 e. The van der Waals surface area contributed by atoms with Crippen molar-refractivity contribution in [3.05, 3.63) is 71.3 Å². The molecule has 3 rings (SSSR count). The number of carbonyl (C=O) groups is 1. The van der Waals surface area contributed by atoms with Crippen LogP contribution in [-0.4, -0.2) is 43.0 Å². The number of likely N-dealkylation sites (tertiary alicyclic amines) is 1. The largest absolute Gasteiger partial charge is 0.376 e. The van der Waals surface area contributed by atoms with Crippen molar-refractivity contribution >= 4 is 11.9 Å². The monoisotopic (exact) mass is 436 g/mol. The first-order chi connectivity index (χ1) is 15.7. The van der Waals surface area contributed by atoms with Gasteiger partial charge >= 0.3 is 0 Å². The predicted molar refractivity (Wildman–Crippen MR) is 129 cm³/mol. The van der Waals surface area contributed by atoms with Gasteiger partial charge in [-0.15, -0.1) is 0 Å². The number of rotatable bonds is 11. The van der Waals surface area contributed by atoms with Crippen molar-refractivity contribution in [1.82, 2.24) is 15.5 Å². The second kappa shape index (κ2) is 12.9. The van der Waals surface area contributed by atoms with Gasteiger partial charge in [-0.1, -0.05) is 61.5 Å². The molecule has 1 amide bonds. The highest BCUT2D eigenvalue weighted by molar-refractivity contribution is 5.80. The molecule has 2 aromatic carbocycles. The minimum absolute atomic E-state index is 0.252. The van der Waals surface area contributed by atoms with Crippen LogP contribution in [0.5, 0.6) is 0 Å². The van der Waals surface area contributed by atoms with Crippen LogP contribution in [0.3, 0.4) is 0 Å². The summed E-state index contributed by atoms with van der Waals surface area (Å²) in [6, 6.07) is 18.5. The molecule has 0 saturated carbocycles. The third-order valence-corrected chi connectivity index (χ3v) is 5.53. The Hall–Kier alpha value is -2.86. The van der Waals surface area contributed by atoms with Gasteiger partial charge < -0.3 is 20.3 Å². The van der Waals surface area contributed by atoms with Gasteiger partial charge in [0.2, 0.25) is 5.91 Å². The van der Waals surface area contributed by atoms with E-state index >= 15 is 0 Å². The second-order valence-electron chi connectivity index (χ2n) is 8.37. The summed E-state index contributed by atoms with van der Waals surface area (Å²) >= 11 is 0. The lowest BCUT2D eigenvalue weighted by molar-refractivity contribution is -0.128. The first kappa shape index (κ1) is 23.8. The van der Waals surface area contributed by atoms with Gasteiger partial charge in [-0.3, -0.25) is 4.79 Å². The van der Waals surface area contributed by atoms with Crippen molar-refractivity contribution in [3.63, 3.8) is 0 Å². The molecular weight excluding hydrogens is 400 g/mol. The van der Waals surface area contributed by atoms with Crippen molar-refractivity contribution < 1.29 is 9.53 Å². The highest BCUT2D eigenvalue weighted by atomic mass is 16.5. The highest BCUT2D eigenvalue weighted by Crippen LogP contribution is 2.17. The van der Waals surface area contributed by atoms with Gasteiger partial charge in [-0.25, -0.2) is 4.99 Å². The van der Waals surface area contributed by atoms with Gasteiger partial charge in [-0.2, -0.15) is 0 Å². The standard InChI is InChI=1S/C26H36N4O2/c1-3-27-26(28-16-21(2)19-32-20-22-10-5-4-6-11-22)29-17-23-12-7-8-13-24(23)18-30-15-9-14-25(30)31/h4-8,10-13,21H,3,9,14-20H2,1-2H3,(H2,27,28,29). The molecular formula is C26H36N4O2. The molecule has 0 radical (unpaired) electrons. The van der Waals surface area contributed by atoms with E-state index in [-0.39, 0.29) is 5.91 Å². The second-order valence-corrected chi connectivity index (χ2v) is 8.37. The maximum Gasteiger partial charge on any atom is 0.222 e. The van der Waals surface area contributed by atoms with Crippen LogP contribution in [0, 0.1) is 5.92 Å². The third kappa shape index (κ3) is 7.68. The highest BCUT2D eigenvalue weighted by Gasteiger charge is 2.20. The SMILES string of the molecule is CCNC(=NCc1ccccc1CN1CCCC1=O)NCC(C)COCc1ccccc1. The fourth-order valence-electron chi connectivity index (χ4n) is 3.73. The predicted octanol–water partition coefficient (Wildman–Crippen LogP) is 3.72. The molecule has 0 spiro atoms. The average molecular weight is 437 g/mol. The lowest BCUT2D eigenvalue weighted by Crippen LogP contribution is -2.40. The van der Waals surface area contributed by atoms with E-state index in [1.54, 1.807) is 0 Å². The topological polar surface area (TPSA) is 66.0 Å².